The number of likely N-dealkylation sites (tertiary alicyclic amines) is 1. The van der Waals surface area contributed by atoms with Crippen molar-refractivity contribution in [2.75, 3.05) is 20.2 Å². The van der Waals surface area contributed by atoms with Gasteiger partial charge in [-0.15, -0.1) is 0 Å². The Morgan fingerprint density at radius 2 is 2.03 bits per heavy atom. The zero-order valence-electron chi connectivity index (χ0n) is 18.5. The molecule has 186 valence electrons. The van der Waals surface area contributed by atoms with E-state index in [-0.39, 0.29) is 23.7 Å². The van der Waals surface area contributed by atoms with Crippen molar-refractivity contribution in [3.63, 3.8) is 0 Å². The number of alkyl halides is 2. The summed E-state index contributed by atoms with van der Waals surface area (Å²) in [7, 11) is 1.15. The first-order valence-corrected chi connectivity index (χ1v) is 11.5. The summed E-state index contributed by atoms with van der Waals surface area (Å²) < 4.78 is 47.4. The van der Waals surface area contributed by atoms with Gasteiger partial charge in [0.2, 0.25) is 0 Å². The molecule has 0 saturated carbocycles. The van der Waals surface area contributed by atoms with E-state index in [4.69, 9.17) is 16.3 Å². The molecule has 2 N–H and O–H groups in total. The highest BCUT2D eigenvalue weighted by Gasteiger charge is 2.50. The van der Waals surface area contributed by atoms with Crippen LogP contribution in [0.3, 0.4) is 0 Å². The second-order valence-corrected chi connectivity index (χ2v) is 9.96. The summed E-state index contributed by atoms with van der Waals surface area (Å²) >= 11 is 7.13. The average Bonchev–Trinajstić information content (AvgIpc) is 3.35. The summed E-state index contributed by atoms with van der Waals surface area (Å²) in [5.41, 5.74) is -0.947. The fourth-order valence-electron chi connectivity index (χ4n) is 4.29. The number of nitrogens with one attached hydrogen (secondary N) is 1. The summed E-state index contributed by atoms with van der Waals surface area (Å²) in [5, 5.41) is 12.8. The van der Waals surface area contributed by atoms with Crippen LogP contribution < -0.4 is 5.32 Å². The Kier molecular flexibility index (Phi) is 6.64. The largest absolute Gasteiger partial charge is 0.480 e. The summed E-state index contributed by atoms with van der Waals surface area (Å²) in [6.07, 6.45) is 0.545. The number of benzene rings is 1. The van der Waals surface area contributed by atoms with Crippen LogP contribution in [0.25, 0.3) is 0 Å². The number of halogens is 4. The number of methoxy groups -OCH3 is 1. The third-order valence-electron chi connectivity index (χ3n) is 5.88. The van der Waals surface area contributed by atoms with Crippen LogP contribution in [-0.2, 0) is 19.9 Å². The number of nitrogens with zero attached hydrogens (tertiary/aromatic N) is 3. The Morgan fingerprint density at radius 1 is 1.34 bits per heavy atom. The number of aliphatic imine (C=N–C) groups is 1. The summed E-state index contributed by atoms with van der Waals surface area (Å²) in [6.45, 7) is 0.439. The quantitative estimate of drug-likeness (QED) is 0.554. The van der Waals surface area contributed by atoms with Crippen LogP contribution in [-0.4, -0.2) is 64.9 Å². The second-order valence-electron chi connectivity index (χ2n) is 8.30. The lowest BCUT2D eigenvalue weighted by atomic mass is 9.82. The number of carbonyl (C=O) groups excluding carboxylic acids is 1. The molecule has 1 aromatic heterocycles. The van der Waals surface area contributed by atoms with Crippen molar-refractivity contribution in [1.82, 2.24) is 15.2 Å². The lowest BCUT2D eigenvalue weighted by Gasteiger charge is -2.36. The van der Waals surface area contributed by atoms with Gasteiger partial charge in [-0.05, 0) is 24.6 Å². The number of rotatable bonds is 6. The van der Waals surface area contributed by atoms with Crippen molar-refractivity contribution in [2.45, 2.75) is 30.8 Å². The van der Waals surface area contributed by atoms with Crippen molar-refractivity contribution in [2.24, 2.45) is 4.99 Å². The zero-order valence-corrected chi connectivity index (χ0v) is 20.1. The highest BCUT2D eigenvalue weighted by Crippen LogP contribution is 2.40. The summed E-state index contributed by atoms with van der Waals surface area (Å²) in [4.78, 5) is 34.7. The number of carbonyl (C=O) groups is 2. The normalized spacial score (nSPS) is 24.2. The minimum Gasteiger partial charge on any atom is -0.480 e. The monoisotopic (exact) mass is 528 g/mol. The maximum absolute atomic E-state index is 14.2. The van der Waals surface area contributed by atoms with E-state index in [1.807, 2.05) is 0 Å². The molecule has 2 aromatic rings. The number of aliphatic carboxylic acids is 1. The van der Waals surface area contributed by atoms with Crippen molar-refractivity contribution in [3.8, 4) is 0 Å². The van der Waals surface area contributed by atoms with Gasteiger partial charge in [-0.25, -0.2) is 27.9 Å². The number of carboxylic acid groups (broad SMARTS) is 1. The molecule has 2 aliphatic rings. The molecule has 13 heteroatoms. The maximum atomic E-state index is 14.2. The van der Waals surface area contributed by atoms with Crippen molar-refractivity contribution >= 4 is 40.7 Å². The Bertz CT molecular complexity index is 1230. The Balaban J connectivity index is 1.87. The fraction of sp³-hybridized carbons (Fsp3) is 0.364. The number of amidine groups is 1. The smallest absolute Gasteiger partial charge is 0.338 e. The molecule has 4 rings (SSSR count). The van der Waals surface area contributed by atoms with Crippen LogP contribution in [0.1, 0.15) is 23.9 Å². The molecule has 0 radical (unpaired) electrons. The standard InChI is InChI=1S/C22H20ClF3N4O4S/c1-21(11-3-5-12(24)6-4-11)16(20(33)34-2)13(28-17(29-21)18-27-8-15(23)35-18)9-30-10-22(25,26)7-14(30)19(31)32/h3-6,8,14H,7,9-10H2,1-2H3,(H,28,29)(H,31,32)/t14-,21-/m0/s1. The minimum atomic E-state index is -3.22. The van der Waals surface area contributed by atoms with Crippen molar-refractivity contribution in [1.29, 1.82) is 0 Å². The first kappa shape index (κ1) is 25.1. The lowest BCUT2D eigenvalue weighted by Crippen LogP contribution is -2.46. The van der Waals surface area contributed by atoms with Gasteiger partial charge in [0.1, 0.15) is 21.7 Å². The van der Waals surface area contributed by atoms with Gasteiger partial charge in [-0.3, -0.25) is 9.69 Å². The fourth-order valence-corrected chi connectivity index (χ4v) is 5.15. The van der Waals surface area contributed by atoms with Gasteiger partial charge in [0.05, 0.1) is 25.4 Å². The number of esters is 1. The summed E-state index contributed by atoms with van der Waals surface area (Å²) in [6, 6.07) is 3.83. The Labute approximate surface area is 207 Å². The van der Waals surface area contributed by atoms with E-state index in [9.17, 15) is 27.9 Å². The molecular weight excluding hydrogens is 509 g/mol. The number of aromatic nitrogens is 1. The highest BCUT2D eigenvalue weighted by atomic mass is 35.5. The van der Waals surface area contributed by atoms with Gasteiger partial charge >= 0.3 is 11.9 Å². The van der Waals surface area contributed by atoms with Crippen LogP contribution in [0.2, 0.25) is 4.34 Å². The van der Waals surface area contributed by atoms with Gasteiger partial charge in [0.15, 0.2) is 10.8 Å². The highest BCUT2D eigenvalue weighted by molar-refractivity contribution is 7.17. The number of hydrogen-bond acceptors (Lipinski definition) is 8. The lowest BCUT2D eigenvalue weighted by molar-refractivity contribution is -0.142. The van der Waals surface area contributed by atoms with E-state index in [0.29, 0.717) is 14.9 Å². The van der Waals surface area contributed by atoms with Gasteiger partial charge < -0.3 is 15.2 Å². The van der Waals surface area contributed by atoms with Crippen LogP contribution in [0.4, 0.5) is 13.2 Å². The van der Waals surface area contributed by atoms with E-state index in [0.717, 1.165) is 23.3 Å². The molecule has 35 heavy (non-hydrogen) atoms. The van der Waals surface area contributed by atoms with Crippen LogP contribution >= 0.6 is 22.9 Å². The number of hydrogen-bond donors (Lipinski definition) is 2. The van der Waals surface area contributed by atoms with E-state index in [2.05, 4.69) is 15.3 Å². The third kappa shape index (κ3) is 4.91. The number of ether oxygens (including phenoxy) is 1. The van der Waals surface area contributed by atoms with E-state index in [1.165, 1.54) is 30.5 Å². The molecule has 0 unspecified atom stereocenters. The Morgan fingerprint density at radius 3 is 2.60 bits per heavy atom. The topological polar surface area (TPSA) is 104 Å². The SMILES string of the molecule is COC(=O)C1=C(CN2CC(F)(F)C[C@H]2C(=O)O)NC(c2ncc(Cl)s2)=N[C@@]1(C)c1ccc(F)cc1. The molecular formula is C22H20ClF3N4O4S. The molecule has 1 saturated heterocycles. The minimum absolute atomic E-state index is 0.0302. The third-order valence-corrected chi connectivity index (χ3v) is 7.00. The molecule has 1 aromatic carbocycles. The second kappa shape index (κ2) is 9.25. The zero-order chi connectivity index (χ0) is 25.5. The van der Waals surface area contributed by atoms with E-state index < -0.39 is 48.2 Å². The average molecular weight is 529 g/mol. The van der Waals surface area contributed by atoms with Gasteiger partial charge in [-0.1, -0.05) is 35.1 Å². The summed E-state index contributed by atoms with van der Waals surface area (Å²) in [5.74, 6) is -5.75. The first-order valence-electron chi connectivity index (χ1n) is 10.3. The predicted octanol–water partition coefficient (Wildman–Crippen LogP) is 3.42. The molecule has 0 aliphatic carbocycles. The molecule has 8 nitrogen and oxygen atoms in total. The number of thiazole rings is 1. The molecule has 0 bridgehead atoms. The first-order chi connectivity index (χ1) is 16.4. The molecule has 2 aliphatic heterocycles. The molecule has 0 spiro atoms. The predicted molar refractivity (Wildman–Crippen MR) is 122 cm³/mol. The van der Waals surface area contributed by atoms with Crippen molar-refractivity contribution in [3.05, 3.63) is 62.5 Å². The van der Waals surface area contributed by atoms with Gasteiger partial charge in [-0.2, -0.15) is 0 Å². The molecule has 1 fully saturated rings. The van der Waals surface area contributed by atoms with Crippen LogP contribution in [0, 0.1) is 5.82 Å². The van der Waals surface area contributed by atoms with Crippen molar-refractivity contribution < 1.29 is 32.6 Å². The molecule has 3 heterocycles. The molecule has 2 atom stereocenters. The maximum Gasteiger partial charge on any atom is 0.338 e. The van der Waals surface area contributed by atoms with Crippen LogP contribution in [0.15, 0.2) is 46.7 Å². The van der Waals surface area contributed by atoms with Crippen LogP contribution in [0.5, 0.6) is 0 Å². The van der Waals surface area contributed by atoms with E-state index >= 15 is 0 Å². The van der Waals surface area contributed by atoms with Gasteiger partial charge in [0, 0.05) is 18.7 Å². The van der Waals surface area contributed by atoms with Gasteiger partial charge in [0.25, 0.3) is 5.92 Å². The van der Waals surface area contributed by atoms with E-state index in [1.54, 1.807) is 6.92 Å². The Hall–Kier alpha value is -2.96. The molecule has 0 amide bonds. The number of carboxylic acids is 1.